The van der Waals surface area contributed by atoms with E-state index in [4.69, 9.17) is 38.2 Å². The molecular weight excluding hydrogens is 860 g/mol. The van der Waals surface area contributed by atoms with Crippen molar-refractivity contribution < 1.29 is 30.0 Å². The zero-order chi connectivity index (χ0) is 50.4. The number of nitrogens with two attached hydrogens (primary N) is 4. The van der Waals surface area contributed by atoms with E-state index in [1.165, 1.54) is 6.07 Å². The van der Waals surface area contributed by atoms with Crippen LogP contribution < -0.4 is 63.9 Å². The molecule has 0 saturated heterocycles. The Kier molecular flexibility index (Phi) is 30.9. The van der Waals surface area contributed by atoms with Gasteiger partial charge >= 0.3 is 0 Å². The number of hydrogen-bond acceptors (Lipinski definition) is 18. The van der Waals surface area contributed by atoms with E-state index in [9.17, 15) is 20.1 Å². The van der Waals surface area contributed by atoms with Crippen molar-refractivity contribution in [2.75, 3.05) is 118 Å². The summed E-state index contributed by atoms with van der Waals surface area (Å²) >= 11 is 6.22. The number of rotatable bonds is 10. The van der Waals surface area contributed by atoms with E-state index in [2.05, 4.69) is 44.6 Å². The Labute approximate surface area is 388 Å². The Hall–Kier alpha value is -6.46. The number of nitrogens with one attached hydrogen (secondary N) is 3. The molecule has 0 radical (unpaired) electrons. The number of carboxylic acid groups (broad SMARTS) is 1. The average Bonchev–Trinajstić information content (AvgIpc) is 3.80. The number of nitrogens with zero attached hydrogens (tertiary/aromatic N) is 7. The van der Waals surface area contributed by atoms with Crippen LogP contribution in [0.3, 0.4) is 0 Å². The van der Waals surface area contributed by atoms with Crippen molar-refractivity contribution in [1.82, 2.24) is 5.32 Å². The summed E-state index contributed by atoms with van der Waals surface area (Å²) in [4.78, 5) is 41.2. The number of aliphatic imine (C=N–C) groups is 1. The molecule has 0 aromatic heterocycles. The van der Waals surface area contributed by atoms with Crippen LogP contribution in [0.4, 0.5) is 45.5 Å². The highest BCUT2D eigenvalue weighted by atomic mass is 35.5. The number of carbonyl (C=O) groups is 2. The molecule has 0 spiro atoms. The summed E-state index contributed by atoms with van der Waals surface area (Å²) in [6.45, 7) is 10.3. The van der Waals surface area contributed by atoms with Crippen molar-refractivity contribution in [2.45, 2.75) is 27.7 Å². The van der Waals surface area contributed by atoms with Crippen molar-refractivity contribution in [3.63, 3.8) is 0 Å². The van der Waals surface area contributed by atoms with Crippen LogP contribution in [0.15, 0.2) is 71.7 Å². The molecular formula is C43H71ClN14O7. The quantitative estimate of drug-likeness (QED) is 0.0337. The van der Waals surface area contributed by atoms with E-state index < -0.39 is 0 Å². The van der Waals surface area contributed by atoms with Crippen LogP contribution >= 0.6 is 11.6 Å². The van der Waals surface area contributed by atoms with Gasteiger partial charge in [0, 0.05) is 110 Å². The van der Waals surface area contributed by atoms with Gasteiger partial charge in [0.1, 0.15) is 0 Å². The monoisotopic (exact) mass is 931 g/mol. The van der Waals surface area contributed by atoms with E-state index in [1.807, 2.05) is 127 Å². The molecule has 0 fully saturated rings. The van der Waals surface area contributed by atoms with Crippen LogP contribution in [0.25, 0.3) is 0 Å². The molecule has 65 heavy (non-hydrogen) atoms. The maximum Gasteiger partial charge on any atom is 0.290 e. The zero-order valence-electron chi connectivity index (χ0n) is 39.6. The van der Waals surface area contributed by atoms with E-state index in [0.717, 1.165) is 69.9 Å². The Morgan fingerprint density at radius 3 is 1.58 bits per heavy atom. The number of hydroxylamine groups is 1. The van der Waals surface area contributed by atoms with Crippen LogP contribution in [0.1, 0.15) is 22.3 Å². The van der Waals surface area contributed by atoms with Gasteiger partial charge in [-0.1, -0.05) is 29.8 Å². The number of nitro groups is 1. The number of hydrazine groups is 1. The molecule has 5 rings (SSSR count). The van der Waals surface area contributed by atoms with Crippen molar-refractivity contribution in [3.8, 4) is 0 Å². The Morgan fingerprint density at radius 2 is 1.17 bits per heavy atom. The molecule has 21 nitrogen and oxygen atoms in total. The molecule has 1 heterocycles. The van der Waals surface area contributed by atoms with Crippen LogP contribution in [-0.4, -0.2) is 122 Å². The summed E-state index contributed by atoms with van der Waals surface area (Å²) in [5.74, 6) is 8.80. The highest BCUT2D eigenvalue weighted by molar-refractivity contribution is 6.34. The van der Waals surface area contributed by atoms with Gasteiger partial charge in [-0.05, 0) is 86.8 Å². The normalized spacial score (nSPS) is 10.3. The standard InChI is InChI=1S/C12H17ClN4.C10H14N2O2.C9H12N2O2.C9H14N2O.C2H8N2.CH2O2.H4N2/c1-8-10(17(2)3)5-4-9(13)11(8)16-12-14-6-7-15-12;1-8-9(11(2)3)5-4-6-10(8)12(14)7-13;1-7-8(10(2)3)5-4-6-9(7)11(12)13;1-7-8(10-12)5-4-6-9(7)11(2)3;3-1-2-4;2-1-3;1-2/h4-5H,6-7H2,1-3H3,(H2,14,15,16);4-7,14H,1-3H3;4-6H,1-3H3;4-6,10,12H,1-3H3;1-4H2;1H,(H,2,3);1-2H2. The number of halogens is 1. The van der Waals surface area contributed by atoms with Gasteiger partial charge in [0.2, 0.25) is 6.41 Å². The smallest absolute Gasteiger partial charge is 0.290 e. The number of nitro benzene ring substituents is 1. The lowest BCUT2D eigenvalue weighted by Gasteiger charge is -2.20. The van der Waals surface area contributed by atoms with Gasteiger partial charge in [-0.25, -0.2) is 0 Å². The lowest BCUT2D eigenvalue weighted by molar-refractivity contribution is -0.385. The third-order valence-electron chi connectivity index (χ3n) is 8.92. The Balaban J connectivity index is 0. The number of benzene rings is 4. The van der Waals surface area contributed by atoms with Gasteiger partial charge in [0.15, 0.2) is 5.96 Å². The number of hydrogen-bond donors (Lipinski definition) is 10. The first-order valence-electron chi connectivity index (χ1n) is 19.8. The molecule has 0 bridgehead atoms. The number of anilines is 7. The fourth-order valence-electron chi connectivity index (χ4n) is 5.83. The zero-order valence-corrected chi connectivity index (χ0v) is 40.4. The molecule has 1 aliphatic heterocycles. The minimum atomic E-state index is -0.359. The minimum Gasteiger partial charge on any atom is -0.483 e. The lowest BCUT2D eigenvalue weighted by Crippen LogP contribution is -2.27. The maximum atomic E-state index is 10.6. The van der Waals surface area contributed by atoms with E-state index in [0.29, 0.717) is 40.8 Å². The SMILES string of the molecule is Cc1c(N(C)C)ccc(Cl)c1NC1=NCCN1.Cc1c(N(C)C)cccc1N(O)C=O.Cc1c(N(C)C)cccc1[N+](=O)[O-].Cc1c(NO)cccc1N(C)C.NCCN.NN.O=CO. The molecule has 22 heteroatoms. The molecule has 4 aromatic carbocycles. The minimum absolute atomic E-state index is 0.172. The largest absolute Gasteiger partial charge is 0.483 e. The summed E-state index contributed by atoms with van der Waals surface area (Å²) in [7, 11) is 15.5. The molecule has 4 aromatic rings. The van der Waals surface area contributed by atoms with E-state index in [1.54, 1.807) is 25.1 Å². The highest BCUT2D eigenvalue weighted by Crippen LogP contribution is 2.33. The summed E-state index contributed by atoms with van der Waals surface area (Å²) < 4.78 is 0. The van der Waals surface area contributed by atoms with Crippen LogP contribution in [0.5, 0.6) is 0 Å². The van der Waals surface area contributed by atoms with Crippen molar-refractivity contribution in [2.24, 2.45) is 28.1 Å². The molecule has 1 aliphatic rings. The van der Waals surface area contributed by atoms with Gasteiger partial charge < -0.3 is 46.8 Å². The number of guanidine groups is 1. The second-order valence-corrected chi connectivity index (χ2v) is 14.6. The third-order valence-corrected chi connectivity index (χ3v) is 9.23. The number of amides is 1. The van der Waals surface area contributed by atoms with Gasteiger partial charge in [-0.3, -0.25) is 52.3 Å². The van der Waals surface area contributed by atoms with Crippen molar-refractivity contribution >= 4 is 75.9 Å². The molecule has 0 saturated carbocycles. The van der Waals surface area contributed by atoms with Crippen molar-refractivity contribution in [3.05, 3.63) is 104 Å². The van der Waals surface area contributed by atoms with E-state index >= 15 is 0 Å². The molecule has 0 unspecified atom stereocenters. The number of carbonyl (C=O) groups excluding carboxylic acids is 1. The predicted molar refractivity (Wildman–Crippen MR) is 269 cm³/mol. The molecule has 0 aliphatic carbocycles. The summed E-state index contributed by atoms with van der Waals surface area (Å²) in [6.07, 6.45) is 0.377. The van der Waals surface area contributed by atoms with Gasteiger partial charge in [0.05, 0.1) is 33.6 Å². The van der Waals surface area contributed by atoms with Crippen molar-refractivity contribution in [1.29, 1.82) is 0 Å². The first kappa shape index (κ1) is 60.6. The predicted octanol–water partition coefficient (Wildman–Crippen LogP) is 4.75. The second-order valence-electron chi connectivity index (χ2n) is 14.2. The average molecular weight is 932 g/mol. The van der Waals surface area contributed by atoms with Gasteiger partial charge in [0.25, 0.3) is 12.2 Å². The first-order valence-corrected chi connectivity index (χ1v) is 20.2. The fraction of sp³-hybridized carbons (Fsp3) is 0.372. The van der Waals surface area contributed by atoms with Crippen LogP contribution in [0, 0.1) is 37.8 Å². The summed E-state index contributed by atoms with van der Waals surface area (Å²) in [5.41, 5.74) is 22.2. The second kappa shape index (κ2) is 33.1. The maximum absolute atomic E-state index is 10.6. The van der Waals surface area contributed by atoms with Crippen LogP contribution in [-0.2, 0) is 9.59 Å². The lowest BCUT2D eigenvalue weighted by atomic mass is 10.1. The van der Waals surface area contributed by atoms with Gasteiger partial charge in [-0.2, -0.15) is 5.06 Å². The topological polar surface area (TPSA) is 307 Å². The Morgan fingerprint density at radius 1 is 0.738 bits per heavy atom. The summed E-state index contributed by atoms with van der Waals surface area (Å²) in [6, 6.07) is 20.2. The van der Waals surface area contributed by atoms with Gasteiger partial charge in [-0.15, -0.1) is 0 Å². The summed E-state index contributed by atoms with van der Waals surface area (Å²) in [5, 5.41) is 43.2. The molecule has 362 valence electrons. The molecule has 14 N–H and O–H groups in total. The van der Waals surface area contributed by atoms with Crippen LogP contribution in [0.2, 0.25) is 5.02 Å². The molecule has 1 amide bonds. The highest BCUT2D eigenvalue weighted by Gasteiger charge is 2.15. The van der Waals surface area contributed by atoms with E-state index in [-0.39, 0.29) is 17.1 Å². The first-order chi connectivity index (χ1) is 30.7. The third kappa shape index (κ3) is 20.7. The fourth-order valence-corrected chi connectivity index (χ4v) is 6.08. The Bertz CT molecular complexity index is 2050. The molecule has 0 atom stereocenters.